The topological polar surface area (TPSA) is 21.7 Å². The lowest BCUT2D eigenvalue weighted by Crippen LogP contribution is -2.33. The van der Waals surface area contributed by atoms with Gasteiger partial charge in [-0.05, 0) is 19.1 Å². The van der Waals surface area contributed by atoms with Crippen molar-refractivity contribution in [1.29, 1.82) is 0 Å². The lowest BCUT2D eigenvalue weighted by Gasteiger charge is -2.03. The maximum atomic E-state index is 4.80. The van der Waals surface area contributed by atoms with Crippen LogP contribution < -0.4 is 4.68 Å². The smallest absolute Gasteiger partial charge is 0.131 e. The van der Waals surface area contributed by atoms with Crippen molar-refractivity contribution in [3.63, 3.8) is 0 Å². The van der Waals surface area contributed by atoms with Crippen LogP contribution in [0.2, 0.25) is 0 Å². The highest BCUT2D eigenvalue weighted by Crippen LogP contribution is 2.30. The van der Waals surface area contributed by atoms with E-state index in [0.717, 1.165) is 28.2 Å². The molecule has 0 atom stereocenters. The van der Waals surface area contributed by atoms with Gasteiger partial charge in [0, 0.05) is 11.1 Å². The zero-order valence-electron chi connectivity index (χ0n) is 14.4. The van der Waals surface area contributed by atoms with Gasteiger partial charge in [-0.1, -0.05) is 83.0 Å². The molecule has 4 aromatic rings. The summed E-state index contributed by atoms with van der Waals surface area (Å²) in [5, 5.41) is 4.80. The molecule has 0 amide bonds. The Kier molecular flexibility index (Phi) is 3.90. The third-order valence-corrected chi connectivity index (χ3v) is 4.36. The Morgan fingerprint density at radius 3 is 1.88 bits per heavy atom. The van der Waals surface area contributed by atoms with Crippen LogP contribution in [0.25, 0.3) is 28.2 Å². The highest BCUT2D eigenvalue weighted by Gasteiger charge is 2.27. The highest BCUT2D eigenvalue weighted by molar-refractivity contribution is 5.77. The fraction of sp³-hybridized carbons (Fsp3) is 0.0909. The Morgan fingerprint density at radius 1 is 0.720 bits per heavy atom. The van der Waals surface area contributed by atoms with Crippen molar-refractivity contribution in [3.8, 4) is 28.2 Å². The van der Waals surface area contributed by atoms with E-state index in [-0.39, 0.29) is 0 Å². The van der Waals surface area contributed by atoms with E-state index in [1.807, 2.05) is 28.5 Å². The summed E-state index contributed by atoms with van der Waals surface area (Å²) < 4.78 is 3.98. The van der Waals surface area contributed by atoms with Crippen molar-refractivity contribution in [2.24, 2.45) is 7.05 Å². The van der Waals surface area contributed by atoms with Gasteiger partial charge in [0.25, 0.3) is 0 Å². The summed E-state index contributed by atoms with van der Waals surface area (Å²) in [7, 11) is 2.00. The van der Waals surface area contributed by atoms with E-state index in [9.17, 15) is 0 Å². The predicted octanol–water partition coefficient (Wildman–Crippen LogP) is 4.34. The van der Waals surface area contributed by atoms with Crippen molar-refractivity contribution in [3.05, 3.63) is 90.5 Å². The van der Waals surface area contributed by atoms with Gasteiger partial charge < -0.3 is 0 Å². The molecule has 0 radical (unpaired) electrons. The predicted molar refractivity (Wildman–Crippen MR) is 100 cm³/mol. The molecule has 3 nitrogen and oxygen atoms in total. The van der Waals surface area contributed by atoms with Crippen molar-refractivity contribution in [1.82, 2.24) is 9.90 Å². The van der Waals surface area contributed by atoms with E-state index in [1.165, 1.54) is 5.56 Å². The van der Waals surface area contributed by atoms with Gasteiger partial charge in [-0.25, -0.2) is 0 Å². The molecule has 3 aromatic carbocycles. The molecular weight excluding hydrogens is 306 g/mol. The quantitative estimate of drug-likeness (QED) is 0.513. The summed E-state index contributed by atoms with van der Waals surface area (Å²) >= 11 is 0. The molecule has 0 unspecified atom stereocenters. The maximum absolute atomic E-state index is 4.80. The summed E-state index contributed by atoms with van der Waals surface area (Å²) in [6.07, 6.45) is 0. The summed E-state index contributed by atoms with van der Waals surface area (Å²) in [6.45, 7) is 2.10. The van der Waals surface area contributed by atoms with E-state index < -0.39 is 0 Å². The second-order valence-corrected chi connectivity index (χ2v) is 6.19. The molecule has 1 heterocycles. The number of benzene rings is 3. The van der Waals surface area contributed by atoms with Gasteiger partial charge in [0.05, 0.1) is 5.21 Å². The lowest BCUT2D eigenvalue weighted by molar-refractivity contribution is -0.721. The minimum absolute atomic E-state index is 1.06. The number of rotatable bonds is 3. The Hall–Kier alpha value is -3.20. The van der Waals surface area contributed by atoms with E-state index >= 15 is 0 Å². The molecule has 0 N–H and O–H groups in total. The Balaban J connectivity index is 2.01. The number of aromatic nitrogens is 3. The third-order valence-electron chi connectivity index (χ3n) is 4.36. The van der Waals surface area contributed by atoms with Gasteiger partial charge in [0.15, 0.2) is 5.69 Å². The zero-order valence-corrected chi connectivity index (χ0v) is 14.4. The van der Waals surface area contributed by atoms with Crippen LogP contribution in [0.5, 0.6) is 0 Å². The highest BCUT2D eigenvalue weighted by atomic mass is 15.5. The zero-order chi connectivity index (χ0) is 17.2. The second kappa shape index (κ2) is 6.36. The van der Waals surface area contributed by atoms with Gasteiger partial charge in [-0.2, -0.15) is 0 Å². The molecule has 4 rings (SSSR count). The maximum Gasteiger partial charge on any atom is 0.212 e. The lowest BCUT2D eigenvalue weighted by atomic mass is 10.0. The SMILES string of the molecule is Cc1ccc(-n2n[n+](C)c(-c3ccccc3)c2-c2ccccc2)cc1. The van der Waals surface area contributed by atoms with Crippen LogP contribution >= 0.6 is 0 Å². The summed E-state index contributed by atoms with van der Waals surface area (Å²) in [6, 6.07) is 29.3. The van der Waals surface area contributed by atoms with Crippen LogP contribution in [-0.2, 0) is 7.05 Å². The molecule has 0 saturated heterocycles. The van der Waals surface area contributed by atoms with Gasteiger partial charge in [-0.15, -0.1) is 4.68 Å². The fourth-order valence-electron chi connectivity index (χ4n) is 3.12. The average molecular weight is 326 g/mol. The molecule has 0 aliphatic heterocycles. The molecule has 1 aromatic heterocycles. The third kappa shape index (κ3) is 2.85. The van der Waals surface area contributed by atoms with Gasteiger partial charge in [0.2, 0.25) is 11.4 Å². The Morgan fingerprint density at radius 2 is 1.28 bits per heavy atom. The van der Waals surface area contributed by atoms with Crippen molar-refractivity contribution >= 4 is 0 Å². The van der Waals surface area contributed by atoms with Gasteiger partial charge in [-0.3, -0.25) is 0 Å². The number of hydrogen-bond acceptors (Lipinski definition) is 1. The van der Waals surface area contributed by atoms with E-state index in [4.69, 9.17) is 5.21 Å². The summed E-state index contributed by atoms with van der Waals surface area (Å²) in [5.41, 5.74) is 6.80. The van der Waals surface area contributed by atoms with Gasteiger partial charge >= 0.3 is 0 Å². The molecule has 0 spiro atoms. The van der Waals surface area contributed by atoms with E-state index in [2.05, 4.69) is 79.7 Å². The van der Waals surface area contributed by atoms with Crippen LogP contribution in [0, 0.1) is 6.92 Å². The minimum atomic E-state index is 1.06. The first kappa shape index (κ1) is 15.3. The molecule has 25 heavy (non-hydrogen) atoms. The molecule has 3 heteroatoms. The first-order chi connectivity index (χ1) is 12.2. The molecule has 0 bridgehead atoms. The fourth-order valence-corrected chi connectivity index (χ4v) is 3.12. The van der Waals surface area contributed by atoms with Crippen LogP contribution in [0.15, 0.2) is 84.9 Å². The molecule has 122 valence electrons. The molecule has 0 aliphatic rings. The van der Waals surface area contributed by atoms with Crippen LogP contribution in [0.4, 0.5) is 0 Å². The normalized spacial score (nSPS) is 10.8. The average Bonchev–Trinajstić information content (AvgIpc) is 3.01. The summed E-state index contributed by atoms with van der Waals surface area (Å²) in [5.74, 6) is 0. The van der Waals surface area contributed by atoms with Crippen LogP contribution in [-0.4, -0.2) is 9.90 Å². The van der Waals surface area contributed by atoms with E-state index in [0.29, 0.717) is 0 Å². The Labute approximate surface area is 147 Å². The standard InChI is InChI=1S/C22H20N3/c1-17-13-15-20(16-14-17)25-22(19-11-7-4-8-12-19)21(24(2)23-25)18-9-5-3-6-10-18/h3-16H,1-2H3/q+1. The van der Waals surface area contributed by atoms with Crippen molar-refractivity contribution in [2.45, 2.75) is 6.92 Å². The van der Waals surface area contributed by atoms with Crippen LogP contribution in [0.1, 0.15) is 5.56 Å². The molecule has 0 fully saturated rings. The number of nitrogens with zero attached hydrogens (tertiary/aromatic N) is 3. The largest absolute Gasteiger partial charge is 0.212 e. The van der Waals surface area contributed by atoms with Crippen molar-refractivity contribution in [2.75, 3.05) is 0 Å². The monoisotopic (exact) mass is 326 g/mol. The minimum Gasteiger partial charge on any atom is -0.131 e. The number of aryl methyl sites for hydroxylation is 2. The second-order valence-electron chi connectivity index (χ2n) is 6.19. The number of hydrogen-bond donors (Lipinski definition) is 0. The van der Waals surface area contributed by atoms with Crippen LogP contribution in [0.3, 0.4) is 0 Å². The molecule has 0 saturated carbocycles. The summed E-state index contributed by atoms with van der Waals surface area (Å²) in [4.78, 5) is 0. The Bertz CT molecular complexity index is 985. The first-order valence-corrected chi connectivity index (χ1v) is 8.41. The molecule has 0 aliphatic carbocycles. The van der Waals surface area contributed by atoms with Gasteiger partial charge in [0.1, 0.15) is 7.05 Å². The first-order valence-electron chi connectivity index (χ1n) is 8.41. The molecular formula is C22H20N3+. The van der Waals surface area contributed by atoms with Crippen molar-refractivity contribution < 1.29 is 4.68 Å². The van der Waals surface area contributed by atoms with E-state index in [1.54, 1.807) is 0 Å².